The first-order valence-corrected chi connectivity index (χ1v) is 7.34. The molecule has 0 spiro atoms. The average molecular weight is 316 g/mol. The van der Waals surface area contributed by atoms with Crippen molar-refractivity contribution in [3.63, 3.8) is 0 Å². The van der Waals surface area contributed by atoms with E-state index in [1.807, 2.05) is 54.6 Å². The molecule has 0 radical (unpaired) electrons. The van der Waals surface area contributed by atoms with Crippen molar-refractivity contribution in [2.75, 3.05) is 5.73 Å². The largest absolute Gasteiger partial charge is 0.398 e. The number of amidine groups is 1. The van der Waals surface area contributed by atoms with Crippen LogP contribution in [0.3, 0.4) is 0 Å². The lowest BCUT2D eigenvalue weighted by atomic mass is 10.0. The van der Waals surface area contributed by atoms with Gasteiger partial charge in [-0.15, -0.1) is 10.2 Å². The summed E-state index contributed by atoms with van der Waals surface area (Å²) < 4.78 is 0. The lowest BCUT2D eigenvalue weighted by molar-refractivity contribution is 1.05. The molecular weight excluding hydrogens is 300 g/mol. The van der Waals surface area contributed by atoms with Crippen LogP contribution in [-0.2, 0) is 0 Å². The zero-order valence-electron chi connectivity index (χ0n) is 12.9. The minimum absolute atomic E-state index is 0.211. The first-order valence-electron chi connectivity index (χ1n) is 7.34. The second kappa shape index (κ2) is 7.15. The molecule has 0 fully saturated rings. The van der Waals surface area contributed by atoms with Crippen LogP contribution in [0.2, 0.25) is 0 Å². The van der Waals surface area contributed by atoms with E-state index in [9.17, 15) is 0 Å². The Hall–Kier alpha value is -3.54. The maximum atomic E-state index is 6.01. The van der Waals surface area contributed by atoms with Gasteiger partial charge in [0.25, 0.3) is 0 Å². The summed E-state index contributed by atoms with van der Waals surface area (Å²) in [6, 6.07) is 20.6. The number of para-hydroxylation sites is 1. The lowest BCUT2D eigenvalue weighted by Crippen LogP contribution is -2.13. The Morgan fingerprint density at radius 1 is 0.917 bits per heavy atom. The standard InChI is InChI=1S/C18H16N6/c19-16-9-2-1-8-15(16)13-6-5-7-14(12-13)22-24-23-18(20)17-10-3-4-11-21-17/h1-12H,19H2,(H2,20,22,23). The summed E-state index contributed by atoms with van der Waals surface area (Å²) >= 11 is 0. The molecule has 0 aliphatic heterocycles. The highest BCUT2D eigenvalue weighted by atomic mass is 15.4. The van der Waals surface area contributed by atoms with E-state index in [0.29, 0.717) is 17.1 Å². The van der Waals surface area contributed by atoms with E-state index in [-0.39, 0.29) is 5.84 Å². The molecule has 6 heteroatoms. The third-order valence-corrected chi connectivity index (χ3v) is 3.36. The molecule has 6 nitrogen and oxygen atoms in total. The van der Waals surface area contributed by atoms with Crippen LogP contribution in [0.25, 0.3) is 11.1 Å². The second-order valence-corrected chi connectivity index (χ2v) is 5.03. The first-order chi connectivity index (χ1) is 11.7. The van der Waals surface area contributed by atoms with Crippen LogP contribution >= 0.6 is 0 Å². The molecule has 0 saturated carbocycles. The Bertz CT molecular complexity index is 887. The molecule has 0 bridgehead atoms. The summed E-state index contributed by atoms with van der Waals surface area (Å²) in [5.41, 5.74) is 15.7. The highest BCUT2D eigenvalue weighted by Crippen LogP contribution is 2.28. The van der Waals surface area contributed by atoms with E-state index in [0.717, 1.165) is 11.1 Å². The number of nitrogens with zero attached hydrogens (tertiary/aromatic N) is 4. The molecular formula is C18H16N6. The average Bonchev–Trinajstić information content (AvgIpc) is 2.63. The fourth-order valence-electron chi connectivity index (χ4n) is 2.18. The highest BCUT2D eigenvalue weighted by molar-refractivity contribution is 5.95. The lowest BCUT2D eigenvalue weighted by Gasteiger charge is -2.05. The van der Waals surface area contributed by atoms with Gasteiger partial charge in [0.1, 0.15) is 5.69 Å². The minimum atomic E-state index is 0.211. The van der Waals surface area contributed by atoms with Crippen molar-refractivity contribution in [2.24, 2.45) is 21.2 Å². The number of pyridine rings is 1. The van der Waals surface area contributed by atoms with Gasteiger partial charge in [0.2, 0.25) is 0 Å². The zero-order chi connectivity index (χ0) is 16.8. The number of hydrogen-bond acceptors (Lipinski definition) is 4. The summed E-state index contributed by atoms with van der Waals surface area (Å²) in [5.74, 6) is 0.211. The predicted molar refractivity (Wildman–Crippen MR) is 95.8 cm³/mol. The van der Waals surface area contributed by atoms with Crippen LogP contribution < -0.4 is 11.5 Å². The smallest absolute Gasteiger partial charge is 0.173 e. The fraction of sp³-hybridized carbons (Fsp3) is 0. The number of nitrogens with two attached hydrogens (primary N) is 2. The van der Waals surface area contributed by atoms with Crippen molar-refractivity contribution >= 4 is 17.2 Å². The highest BCUT2D eigenvalue weighted by Gasteiger charge is 2.02. The van der Waals surface area contributed by atoms with Crippen LogP contribution in [0.5, 0.6) is 0 Å². The van der Waals surface area contributed by atoms with E-state index in [1.54, 1.807) is 18.3 Å². The Morgan fingerprint density at radius 2 is 1.75 bits per heavy atom. The van der Waals surface area contributed by atoms with E-state index in [4.69, 9.17) is 11.5 Å². The maximum absolute atomic E-state index is 6.01. The van der Waals surface area contributed by atoms with Gasteiger partial charge in [-0.3, -0.25) is 4.98 Å². The molecule has 1 aromatic heterocycles. The van der Waals surface area contributed by atoms with Crippen LogP contribution in [-0.4, -0.2) is 10.8 Å². The van der Waals surface area contributed by atoms with Crippen LogP contribution in [0.1, 0.15) is 5.69 Å². The number of aromatic nitrogens is 1. The predicted octanol–water partition coefficient (Wildman–Crippen LogP) is 3.74. The van der Waals surface area contributed by atoms with Crippen molar-refractivity contribution in [1.29, 1.82) is 0 Å². The van der Waals surface area contributed by atoms with Gasteiger partial charge in [-0.2, -0.15) is 0 Å². The maximum Gasteiger partial charge on any atom is 0.173 e. The Balaban J connectivity index is 1.81. The molecule has 0 saturated heterocycles. The summed E-state index contributed by atoms with van der Waals surface area (Å²) in [5, 5.41) is 11.7. The molecule has 3 aromatic rings. The third kappa shape index (κ3) is 3.61. The van der Waals surface area contributed by atoms with Crippen LogP contribution in [0.15, 0.2) is 88.4 Å². The number of benzene rings is 2. The summed E-state index contributed by atoms with van der Waals surface area (Å²) in [6.45, 7) is 0. The summed E-state index contributed by atoms with van der Waals surface area (Å²) in [4.78, 5) is 4.10. The molecule has 0 aliphatic carbocycles. The molecule has 4 N–H and O–H groups in total. The van der Waals surface area contributed by atoms with Gasteiger partial charge in [-0.25, -0.2) is 0 Å². The topological polar surface area (TPSA) is 102 Å². The summed E-state index contributed by atoms with van der Waals surface area (Å²) in [6.07, 6.45) is 1.64. The first kappa shape index (κ1) is 15.4. The Labute approximate surface area is 139 Å². The quantitative estimate of drug-likeness (QED) is 0.252. The SMILES string of the molecule is NC(=NN=Nc1cccc(-c2ccccc2N)c1)c1ccccn1. The van der Waals surface area contributed by atoms with Gasteiger partial charge in [-0.05, 0) is 41.1 Å². The minimum Gasteiger partial charge on any atom is -0.398 e. The van der Waals surface area contributed by atoms with Gasteiger partial charge >= 0.3 is 0 Å². The molecule has 1 heterocycles. The number of hydrogen-bond donors (Lipinski definition) is 2. The van der Waals surface area contributed by atoms with Crippen LogP contribution in [0, 0.1) is 0 Å². The normalized spacial score (nSPS) is 11.8. The molecule has 24 heavy (non-hydrogen) atoms. The number of anilines is 1. The molecule has 2 aromatic carbocycles. The van der Waals surface area contributed by atoms with Gasteiger partial charge in [0.05, 0.1) is 5.69 Å². The van der Waals surface area contributed by atoms with E-state index in [2.05, 4.69) is 20.4 Å². The summed E-state index contributed by atoms with van der Waals surface area (Å²) in [7, 11) is 0. The Morgan fingerprint density at radius 3 is 2.54 bits per heavy atom. The van der Waals surface area contributed by atoms with Gasteiger partial charge in [0, 0.05) is 17.4 Å². The molecule has 0 aliphatic rings. The molecule has 3 rings (SSSR count). The van der Waals surface area contributed by atoms with Gasteiger partial charge in [-0.1, -0.05) is 36.4 Å². The number of nitrogen functional groups attached to an aromatic ring is 1. The van der Waals surface area contributed by atoms with Crippen molar-refractivity contribution in [1.82, 2.24) is 4.98 Å². The van der Waals surface area contributed by atoms with Crippen molar-refractivity contribution in [3.8, 4) is 11.1 Å². The molecule has 0 unspecified atom stereocenters. The third-order valence-electron chi connectivity index (χ3n) is 3.36. The number of rotatable bonds is 4. The fourth-order valence-corrected chi connectivity index (χ4v) is 2.18. The van der Waals surface area contributed by atoms with Crippen molar-refractivity contribution in [2.45, 2.75) is 0 Å². The van der Waals surface area contributed by atoms with Gasteiger partial charge < -0.3 is 11.5 Å². The molecule has 118 valence electrons. The zero-order valence-corrected chi connectivity index (χ0v) is 12.9. The second-order valence-electron chi connectivity index (χ2n) is 5.03. The molecule has 0 atom stereocenters. The van der Waals surface area contributed by atoms with E-state index < -0.39 is 0 Å². The van der Waals surface area contributed by atoms with Gasteiger partial charge in [0.15, 0.2) is 5.84 Å². The van der Waals surface area contributed by atoms with Crippen molar-refractivity contribution < 1.29 is 0 Å². The van der Waals surface area contributed by atoms with Crippen molar-refractivity contribution in [3.05, 3.63) is 78.6 Å². The van der Waals surface area contributed by atoms with E-state index >= 15 is 0 Å². The molecule has 0 amide bonds. The Kier molecular flexibility index (Phi) is 4.57. The monoisotopic (exact) mass is 316 g/mol. The van der Waals surface area contributed by atoms with Crippen LogP contribution in [0.4, 0.5) is 11.4 Å². The van der Waals surface area contributed by atoms with E-state index in [1.165, 1.54) is 0 Å².